The fourth-order valence-electron chi connectivity index (χ4n) is 2.91. The van der Waals surface area contributed by atoms with Crippen molar-refractivity contribution >= 4 is 5.97 Å². The van der Waals surface area contributed by atoms with Crippen LogP contribution in [0.2, 0.25) is 0 Å². The molecule has 2 N–H and O–H groups in total. The quantitative estimate of drug-likeness (QED) is 0.722. The summed E-state index contributed by atoms with van der Waals surface area (Å²) in [6.07, 6.45) is 4.46. The molecule has 21 heavy (non-hydrogen) atoms. The lowest BCUT2D eigenvalue weighted by Gasteiger charge is -2.33. The highest BCUT2D eigenvalue weighted by Gasteiger charge is 2.19. The number of rotatable bonds is 8. The van der Waals surface area contributed by atoms with Gasteiger partial charge in [0.25, 0.3) is 0 Å². The van der Waals surface area contributed by atoms with Crippen molar-refractivity contribution in [2.45, 2.75) is 44.7 Å². The minimum Gasteiger partial charge on any atom is -0.481 e. The van der Waals surface area contributed by atoms with Gasteiger partial charge in [0.2, 0.25) is 0 Å². The third kappa shape index (κ3) is 6.27. The summed E-state index contributed by atoms with van der Waals surface area (Å²) in [6, 6.07) is 11.2. The molecule has 1 atom stereocenters. The molecule has 2 rings (SSSR count). The van der Waals surface area contributed by atoms with E-state index in [-0.39, 0.29) is 6.42 Å². The lowest BCUT2D eigenvalue weighted by molar-refractivity contribution is -0.137. The van der Waals surface area contributed by atoms with Crippen LogP contribution < -0.4 is 5.32 Å². The van der Waals surface area contributed by atoms with Gasteiger partial charge in [0.1, 0.15) is 0 Å². The van der Waals surface area contributed by atoms with E-state index in [0.717, 1.165) is 32.5 Å². The molecule has 0 aliphatic carbocycles. The van der Waals surface area contributed by atoms with Gasteiger partial charge in [-0.1, -0.05) is 30.3 Å². The molecule has 0 radical (unpaired) electrons. The molecule has 1 aliphatic rings. The number of benzene rings is 1. The van der Waals surface area contributed by atoms with Crippen molar-refractivity contribution in [1.29, 1.82) is 0 Å². The molecule has 1 saturated heterocycles. The van der Waals surface area contributed by atoms with E-state index in [9.17, 15) is 4.79 Å². The number of unbranched alkanes of at least 4 members (excludes halogenated alkanes) is 1. The maximum Gasteiger partial charge on any atom is 0.303 e. The molecule has 1 unspecified atom stereocenters. The number of likely N-dealkylation sites (tertiary alicyclic amines) is 1. The number of piperidine rings is 1. The Labute approximate surface area is 127 Å². The Kier molecular flexibility index (Phi) is 6.70. The molecular weight excluding hydrogens is 264 g/mol. The van der Waals surface area contributed by atoms with Gasteiger partial charge in [-0.25, -0.2) is 0 Å². The third-order valence-corrected chi connectivity index (χ3v) is 4.00. The normalized spacial score (nSPS) is 19.5. The Morgan fingerprint density at radius 2 is 2.10 bits per heavy atom. The van der Waals surface area contributed by atoms with Gasteiger partial charge in [0.15, 0.2) is 0 Å². The van der Waals surface area contributed by atoms with E-state index in [1.54, 1.807) is 0 Å². The average molecular weight is 290 g/mol. The standard InChI is InChI=1S/C17H26N2O2/c20-17(21)10-4-5-11-18-16-9-6-12-19(14-16)13-15-7-2-1-3-8-15/h1-3,7-8,16,18H,4-6,9-14H2,(H,20,21). The number of carboxylic acids is 1. The Balaban J connectivity index is 1.65. The van der Waals surface area contributed by atoms with E-state index >= 15 is 0 Å². The molecule has 1 fully saturated rings. The number of hydrogen-bond acceptors (Lipinski definition) is 3. The minimum atomic E-state index is -0.693. The largest absolute Gasteiger partial charge is 0.481 e. The van der Waals surface area contributed by atoms with Crippen LogP contribution in [0.15, 0.2) is 30.3 Å². The molecule has 4 heteroatoms. The summed E-state index contributed by atoms with van der Waals surface area (Å²) in [7, 11) is 0. The first-order valence-electron chi connectivity index (χ1n) is 7.95. The second kappa shape index (κ2) is 8.80. The predicted octanol–water partition coefficient (Wildman–Crippen LogP) is 2.50. The van der Waals surface area contributed by atoms with Gasteiger partial charge in [0, 0.05) is 25.6 Å². The summed E-state index contributed by atoms with van der Waals surface area (Å²) in [5.74, 6) is -0.693. The van der Waals surface area contributed by atoms with Gasteiger partial charge in [-0.05, 0) is 44.3 Å². The van der Waals surface area contributed by atoms with E-state index in [0.29, 0.717) is 6.04 Å². The maximum absolute atomic E-state index is 10.5. The SMILES string of the molecule is O=C(O)CCCCNC1CCCN(Cc2ccccc2)C1. The average Bonchev–Trinajstić information content (AvgIpc) is 2.48. The first-order chi connectivity index (χ1) is 10.2. The topological polar surface area (TPSA) is 52.6 Å². The van der Waals surface area contributed by atoms with Crippen LogP contribution in [0.5, 0.6) is 0 Å². The Hall–Kier alpha value is -1.39. The van der Waals surface area contributed by atoms with Gasteiger partial charge in [-0.15, -0.1) is 0 Å². The van der Waals surface area contributed by atoms with Crippen LogP contribution in [-0.2, 0) is 11.3 Å². The third-order valence-electron chi connectivity index (χ3n) is 4.00. The van der Waals surface area contributed by atoms with E-state index in [4.69, 9.17) is 5.11 Å². The highest BCUT2D eigenvalue weighted by molar-refractivity contribution is 5.66. The van der Waals surface area contributed by atoms with Crippen molar-refractivity contribution in [1.82, 2.24) is 10.2 Å². The second-order valence-corrected chi connectivity index (χ2v) is 5.86. The van der Waals surface area contributed by atoms with Crippen LogP contribution in [-0.4, -0.2) is 41.7 Å². The summed E-state index contributed by atoms with van der Waals surface area (Å²) in [5, 5.41) is 12.2. The van der Waals surface area contributed by atoms with Crippen LogP contribution in [0.25, 0.3) is 0 Å². The molecule has 1 heterocycles. The molecule has 0 saturated carbocycles. The number of nitrogens with one attached hydrogen (secondary N) is 1. The zero-order valence-electron chi connectivity index (χ0n) is 12.6. The van der Waals surface area contributed by atoms with Crippen LogP contribution in [0, 0.1) is 0 Å². The van der Waals surface area contributed by atoms with Crippen molar-refractivity contribution in [2.24, 2.45) is 0 Å². The summed E-state index contributed by atoms with van der Waals surface area (Å²) in [6.45, 7) is 4.22. The van der Waals surface area contributed by atoms with Crippen LogP contribution in [0.1, 0.15) is 37.7 Å². The number of hydrogen-bond donors (Lipinski definition) is 2. The van der Waals surface area contributed by atoms with Crippen LogP contribution in [0.4, 0.5) is 0 Å². The summed E-state index contributed by atoms with van der Waals surface area (Å²) in [4.78, 5) is 13.0. The summed E-state index contributed by atoms with van der Waals surface area (Å²) in [5.41, 5.74) is 1.37. The number of carboxylic acid groups (broad SMARTS) is 1. The minimum absolute atomic E-state index is 0.284. The molecule has 1 aliphatic heterocycles. The lowest BCUT2D eigenvalue weighted by Crippen LogP contribution is -2.45. The van der Waals surface area contributed by atoms with Crippen molar-refractivity contribution < 1.29 is 9.90 Å². The maximum atomic E-state index is 10.5. The molecule has 4 nitrogen and oxygen atoms in total. The highest BCUT2D eigenvalue weighted by Crippen LogP contribution is 2.13. The molecule has 0 aromatic heterocycles. The molecule has 0 amide bonds. The fraction of sp³-hybridized carbons (Fsp3) is 0.588. The molecule has 0 bridgehead atoms. The second-order valence-electron chi connectivity index (χ2n) is 5.86. The predicted molar refractivity (Wildman–Crippen MR) is 84.2 cm³/mol. The lowest BCUT2D eigenvalue weighted by atomic mass is 10.0. The van der Waals surface area contributed by atoms with Crippen molar-refractivity contribution in [3.8, 4) is 0 Å². The van der Waals surface area contributed by atoms with Crippen LogP contribution in [0.3, 0.4) is 0 Å². The van der Waals surface area contributed by atoms with Gasteiger partial charge < -0.3 is 10.4 Å². The van der Waals surface area contributed by atoms with Crippen molar-refractivity contribution in [3.63, 3.8) is 0 Å². The zero-order valence-corrected chi connectivity index (χ0v) is 12.6. The van der Waals surface area contributed by atoms with E-state index in [2.05, 4.69) is 40.5 Å². The van der Waals surface area contributed by atoms with Gasteiger partial charge in [0.05, 0.1) is 0 Å². The zero-order chi connectivity index (χ0) is 14.9. The number of nitrogens with zero attached hydrogens (tertiary/aromatic N) is 1. The Bertz CT molecular complexity index is 422. The summed E-state index contributed by atoms with van der Waals surface area (Å²) < 4.78 is 0. The van der Waals surface area contributed by atoms with E-state index in [1.807, 2.05) is 0 Å². The number of carbonyl (C=O) groups is 1. The number of aliphatic carboxylic acids is 1. The highest BCUT2D eigenvalue weighted by atomic mass is 16.4. The van der Waals surface area contributed by atoms with Crippen molar-refractivity contribution in [3.05, 3.63) is 35.9 Å². The first-order valence-corrected chi connectivity index (χ1v) is 7.95. The van der Waals surface area contributed by atoms with E-state index < -0.39 is 5.97 Å². The first kappa shape index (κ1) is 16.0. The van der Waals surface area contributed by atoms with Gasteiger partial charge in [-0.3, -0.25) is 9.69 Å². The van der Waals surface area contributed by atoms with Gasteiger partial charge >= 0.3 is 5.97 Å². The molecule has 1 aromatic rings. The smallest absolute Gasteiger partial charge is 0.303 e. The van der Waals surface area contributed by atoms with E-state index in [1.165, 1.54) is 24.9 Å². The fourth-order valence-corrected chi connectivity index (χ4v) is 2.91. The molecule has 0 spiro atoms. The van der Waals surface area contributed by atoms with Gasteiger partial charge in [-0.2, -0.15) is 0 Å². The van der Waals surface area contributed by atoms with Crippen LogP contribution >= 0.6 is 0 Å². The Morgan fingerprint density at radius 3 is 2.86 bits per heavy atom. The molecule has 1 aromatic carbocycles. The monoisotopic (exact) mass is 290 g/mol. The molecule has 116 valence electrons. The summed E-state index contributed by atoms with van der Waals surface area (Å²) >= 11 is 0. The Morgan fingerprint density at radius 1 is 1.29 bits per heavy atom. The van der Waals surface area contributed by atoms with Crippen molar-refractivity contribution in [2.75, 3.05) is 19.6 Å². The molecular formula is C17H26N2O2.